The van der Waals surface area contributed by atoms with Crippen molar-refractivity contribution in [3.05, 3.63) is 65.5 Å². The van der Waals surface area contributed by atoms with E-state index in [1.807, 2.05) is 24.3 Å². The molecule has 0 spiro atoms. The number of amides is 2. The number of carbonyl (C=O) groups excluding carboxylic acids is 2. The Balaban J connectivity index is 1.51. The van der Waals surface area contributed by atoms with Crippen LogP contribution < -0.4 is 15.4 Å². The molecule has 27 heavy (non-hydrogen) atoms. The third kappa shape index (κ3) is 4.27. The van der Waals surface area contributed by atoms with Gasteiger partial charge < -0.3 is 15.4 Å². The zero-order chi connectivity index (χ0) is 19.3. The largest absolute Gasteiger partial charge is 0.496 e. The van der Waals surface area contributed by atoms with E-state index in [0.717, 1.165) is 11.3 Å². The van der Waals surface area contributed by atoms with E-state index in [9.17, 15) is 14.0 Å². The van der Waals surface area contributed by atoms with Gasteiger partial charge in [0.2, 0.25) is 11.8 Å². The maximum atomic E-state index is 13.7. The molecule has 0 atom stereocenters. The molecular formula is C21H23FN2O3. The second-order valence-corrected chi connectivity index (χ2v) is 6.67. The molecule has 2 aromatic carbocycles. The van der Waals surface area contributed by atoms with E-state index in [-0.39, 0.29) is 24.2 Å². The van der Waals surface area contributed by atoms with Crippen LogP contribution in [0.2, 0.25) is 0 Å². The van der Waals surface area contributed by atoms with Gasteiger partial charge in [0, 0.05) is 18.7 Å². The van der Waals surface area contributed by atoms with Gasteiger partial charge in [-0.25, -0.2) is 4.39 Å². The van der Waals surface area contributed by atoms with E-state index in [2.05, 4.69) is 10.6 Å². The summed E-state index contributed by atoms with van der Waals surface area (Å²) < 4.78 is 19.0. The molecule has 1 aliphatic carbocycles. The zero-order valence-corrected chi connectivity index (χ0v) is 15.3. The standard InChI is InChI=1S/C21H23FN2O3/c1-27-18-9-5-3-6-15(18)10-13-23-19(25)21(11-12-21)20(26)24-14-16-7-2-4-8-17(16)22/h2-9H,10-14H2,1H3,(H,23,25)(H,24,26). The van der Waals surface area contributed by atoms with E-state index in [1.54, 1.807) is 25.3 Å². The number of benzene rings is 2. The lowest BCUT2D eigenvalue weighted by molar-refractivity contribution is -0.137. The predicted octanol–water partition coefficient (Wildman–Crippen LogP) is 2.59. The molecule has 1 saturated carbocycles. The summed E-state index contributed by atoms with van der Waals surface area (Å²) in [4.78, 5) is 25.0. The molecule has 0 aromatic heterocycles. The first kappa shape index (κ1) is 18.9. The van der Waals surface area contributed by atoms with Gasteiger partial charge in [0.1, 0.15) is 17.0 Å². The number of halogens is 1. The SMILES string of the molecule is COc1ccccc1CCNC(=O)C1(C(=O)NCc2ccccc2F)CC1. The minimum absolute atomic E-state index is 0.0712. The van der Waals surface area contributed by atoms with Crippen molar-refractivity contribution >= 4 is 11.8 Å². The number of para-hydroxylation sites is 1. The molecule has 142 valence electrons. The molecule has 0 bridgehead atoms. The Morgan fingerprint density at radius 1 is 1.00 bits per heavy atom. The van der Waals surface area contributed by atoms with Crippen LogP contribution in [0.5, 0.6) is 5.75 Å². The molecule has 3 rings (SSSR count). The first-order chi connectivity index (χ1) is 13.1. The quantitative estimate of drug-likeness (QED) is 0.702. The molecule has 1 fully saturated rings. The number of hydrogen-bond donors (Lipinski definition) is 2. The molecule has 0 aliphatic heterocycles. The third-order valence-corrected chi connectivity index (χ3v) is 4.89. The minimum Gasteiger partial charge on any atom is -0.496 e. The number of carbonyl (C=O) groups is 2. The van der Waals surface area contributed by atoms with Crippen LogP contribution in [-0.4, -0.2) is 25.5 Å². The van der Waals surface area contributed by atoms with E-state index in [1.165, 1.54) is 6.07 Å². The summed E-state index contributed by atoms with van der Waals surface area (Å²) in [6.07, 6.45) is 1.63. The van der Waals surface area contributed by atoms with Crippen molar-refractivity contribution in [1.29, 1.82) is 0 Å². The van der Waals surface area contributed by atoms with Gasteiger partial charge in [0.05, 0.1) is 7.11 Å². The average molecular weight is 370 g/mol. The minimum atomic E-state index is -1.02. The molecule has 1 aliphatic rings. The van der Waals surface area contributed by atoms with Crippen molar-refractivity contribution in [2.45, 2.75) is 25.8 Å². The Morgan fingerprint density at radius 2 is 1.63 bits per heavy atom. The van der Waals surface area contributed by atoms with E-state index >= 15 is 0 Å². The molecule has 0 saturated heterocycles. The van der Waals surface area contributed by atoms with Gasteiger partial charge in [-0.3, -0.25) is 9.59 Å². The summed E-state index contributed by atoms with van der Waals surface area (Å²) in [5.74, 6) is -0.219. The first-order valence-corrected chi connectivity index (χ1v) is 8.99. The Morgan fingerprint density at radius 3 is 2.30 bits per heavy atom. The highest BCUT2D eigenvalue weighted by atomic mass is 19.1. The zero-order valence-electron chi connectivity index (χ0n) is 15.3. The van der Waals surface area contributed by atoms with Crippen LogP contribution in [0.15, 0.2) is 48.5 Å². The van der Waals surface area contributed by atoms with Crippen molar-refractivity contribution < 1.29 is 18.7 Å². The number of rotatable bonds is 8. The number of methoxy groups -OCH3 is 1. The van der Waals surface area contributed by atoms with Crippen molar-refractivity contribution in [3.8, 4) is 5.75 Å². The van der Waals surface area contributed by atoms with Crippen LogP contribution in [0.1, 0.15) is 24.0 Å². The van der Waals surface area contributed by atoms with E-state index in [4.69, 9.17) is 4.74 Å². The lowest BCUT2D eigenvalue weighted by Crippen LogP contribution is -2.43. The lowest BCUT2D eigenvalue weighted by atomic mass is 10.0. The van der Waals surface area contributed by atoms with Crippen molar-refractivity contribution in [2.24, 2.45) is 5.41 Å². The normalized spacial score (nSPS) is 14.3. The van der Waals surface area contributed by atoms with Gasteiger partial charge in [0.15, 0.2) is 0 Å². The molecule has 5 nitrogen and oxygen atoms in total. The predicted molar refractivity (Wildman–Crippen MR) is 99.6 cm³/mol. The fraction of sp³-hybridized carbons (Fsp3) is 0.333. The van der Waals surface area contributed by atoms with Crippen molar-refractivity contribution in [1.82, 2.24) is 10.6 Å². The molecule has 0 radical (unpaired) electrons. The van der Waals surface area contributed by atoms with Gasteiger partial charge in [0.25, 0.3) is 0 Å². The van der Waals surface area contributed by atoms with E-state index in [0.29, 0.717) is 31.4 Å². The Kier molecular flexibility index (Phi) is 5.74. The summed E-state index contributed by atoms with van der Waals surface area (Å²) in [5.41, 5.74) is 0.374. The van der Waals surface area contributed by atoms with Gasteiger partial charge in [-0.1, -0.05) is 36.4 Å². The first-order valence-electron chi connectivity index (χ1n) is 8.99. The molecule has 6 heteroatoms. The molecule has 2 amide bonds. The van der Waals surface area contributed by atoms with Crippen LogP contribution >= 0.6 is 0 Å². The van der Waals surface area contributed by atoms with Crippen LogP contribution in [0.3, 0.4) is 0 Å². The Hall–Kier alpha value is -2.89. The Bertz CT molecular complexity index is 834. The van der Waals surface area contributed by atoms with Crippen LogP contribution in [0.4, 0.5) is 4.39 Å². The maximum Gasteiger partial charge on any atom is 0.235 e. The highest BCUT2D eigenvalue weighted by molar-refractivity contribution is 6.07. The topological polar surface area (TPSA) is 67.4 Å². The molecule has 2 aromatic rings. The molecule has 0 unspecified atom stereocenters. The summed E-state index contributed by atoms with van der Waals surface area (Å²) in [6.45, 7) is 0.489. The highest BCUT2D eigenvalue weighted by Crippen LogP contribution is 2.46. The monoisotopic (exact) mass is 370 g/mol. The molecule has 2 N–H and O–H groups in total. The smallest absolute Gasteiger partial charge is 0.235 e. The van der Waals surface area contributed by atoms with Crippen LogP contribution in [0, 0.1) is 11.2 Å². The summed E-state index contributed by atoms with van der Waals surface area (Å²) in [7, 11) is 1.61. The number of nitrogens with one attached hydrogen (secondary N) is 2. The fourth-order valence-electron chi connectivity index (χ4n) is 3.06. The highest BCUT2D eigenvalue weighted by Gasteiger charge is 2.56. The fourth-order valence-corrected chi connectivity index (χ4v) is 3.06. The van der Waals surface area contributed by atoms with Gasteiger partial charge >= 0.3 is 0 Å². The lowest BCUT2D eigenvalue weighted by Gasteiger charge is -2.16. The second kappa shape index (κ2) is 8.20. The summed E-state index contributed by atoms with van der Waals surface area (Å²) in [6, 6.07) is 13.9. The van der Waals surface area contributed by atoms with Gasteiger partial charge in [-0.05, 0) is 37.0 Å². The average Bonchev–Trinajstić information content (AvgIpc) is 3.49. The summed E-state index contributed by atoms with van der Waals surface area (Å²) in [5, 5.41) is 5.54. The molecule has 0 heterocycles. The second-order valence-electron chi connectivity index (χ2n) is 6.67. The van der Waals surface area contributed by atoms with E-state index < -0.39 is 5.41 Å². The van der Waals surface area contributed by atoms with Crippen molar-refractivity contribution in [2.75, 3.05) is 13.7 Å². The van der Waals surface area contributed by atoms with Crippen LogP contribution in [0.25, 0.3) is 0 Å². The maximum absolute atomic E-state index is 13.7. The number of ether oxygens (including phenoxy) is 1. The molecular weight excluding hydrogens is 347 g/mol. The van der Waals surface area contributed by atoms with Gasteiger partial charge in [-0.2, -0.15) is 0 Å². The van der Waals surface area contributed by atoms with Crippen LogP contribution in [-0.2, 0) is 22.6 Å². The number of hydrogen-bond acceptors (Lipinski definition) is 3. The third-order valence-electron chi connectivity index (χ3n) is 4.89. The van der Waals surface area contributed by atoms with Gasteiger partial charge in [-0.15, -0.1) is 0 Å². The van der Waals surface area contributed by atoms with Crippen molar-refractivity contribution in [3.63, 3.8) is 0 Å². The Labute approximate surface area is 157 Å². The summed E-state index contributed by atoms with van der Waals surface area (Å²) >= 11 is 0.